The van der Waals surface area contributed by atoms with Crippen molar-refractivity contribution in [3.05, 3.63) is 30.5 Å². The van der Waals surface area contributed by atoms with Gasteiger partial charge in [0.05, 0.1) is 17.8 Å². The van der Waals surface area contributed by atoms with E-state index in [9.17, 15) is 4.79 Å². The number of hydrogen-bond acceptors (Lipinski definition) is 3. The van der Waals surface area contributed by atoms with E-state index in [0.717, 1.165) is 30.4 Å². The zero-order valence-electron chi connectivity index (χ0n) is 12.3. The Bertz CT molecular complexity index is 617. The van der Waals surface area contributed by atoms with Gasteiger partial charge < -0.3 is 10.1 Å². The molecule has 1 aliphatic rings. The van der Waals surface area contributed by atoms with Crippen LogP contribution >= 0.6 is 0 Å². The quantitative estimate of drug-likeness (QED) is 0.918. The molecule has 0 spiro atoms. The number of rotatable bonds is 5. The summed E-state index contributed by atoms with van der Waals surface area (Å²) in [5.41, 5.74) is 0.997. The monoisotopic (exact) mass is 287 g/mol. The lowest BCUT2D eigenvalue weighted by Gasteiger charge is -2.18. The Hall–Kier alpha value is -1.88. The van der Waals surface area contributed by atoms with E-state index in [0.29, 0.717) is 13.0 Å². The zero-order chi connectivity index (χ0) is 14.7. The number of carbonyl (C=O) groups is 1. The van der Waals surface area contributed by atoms with Crippen LogP contribution in [0.5, 0.6) is 0 Å². The molecular weight excluding hydrogens is 266 g/mol. The second kappa shape index (κ2) is 6.26. The third kappa shape index (κ3) is 2.93. The van der Waals surface area contributed by atoms with Crippen LogP contribution in [0.25, 0.3) is 10.9 Å². The first-order chi connectivity index (χ1) is 10.3. The molecular formula is C16H21N3O2. The van der Waals surface area contributed by atoms with Crippen LogP contribution in [0.15, 0.2) is 30.5 Å². The molecule has 1 fully saturated rings. The normalized spacial score (nSPS) is 19.8. The van der Waals surface area contributed by atoms with Crippen LogP contribution in [-0.4, -0.2) is 34.9 Å². The van der Waals surface area contributed by atoms with Gasteiger partial charge in [-0.3, -0.25) is 9.48 Å². The molecule has 2 aromatic rings. The smallest absolute Gasteiger partial charge is 0.244 e. The van der Waals surface area contributed by atoms with Crippen LogP contribution < -0.4 is 5.32 Å². The molecule has 1 aromatic carbocycles. The van der Waals surface area contributed by atoms with Gasteiger partial charge in [-0.05, 0) is 25.3 Å². The van der Waals surface area contributed by atoms with Crippen LogP contribution in [0, 0.1) is 0 Å². The molecule has 0 radical (unpaired) electrons. The van der Waals surface area contributed by atoms with Gasteiger partial charge in [0.15, 0.2) is 0 Å². The minimum atomic E-state index is -0.272. The number of benzene rings is 1. The average molecular weight is 287 g/mol. The predicted molar refractivity (Wildman–Crippen MR) is 81.0 cm³/mol. The van der Waals surface area contributed by atoms with E-state index < -0.39 is 0 Å². The third-order valence-electron chi connectivity index (χ3n) is 4.02. The molecule has 0 saturated carbocycles. The summed E-state index contributed by atoms with van der Waals surface area (Å²) >= 11 is 0. The molecule has 1 amide bonds. The van der Waals surface area contributed by atoms with Crippen molar-refractivity contribution in [1.82, 2.24) is 15.1 Å². The fraction of sp³-hybridized carbons (Fsp3) is 0.500. The van der Waals surface area contributed by atoms with Crippen molar-refractivity contribution < 1.29 is 9.53 Å². The van der Waals surface area contributed by atoms with Crippen molar-refractivity contribution >= 4 is 16.8 Å². The highest BCUT2D eigenvalue weighted by molar-refractivity contribution is 5.84. The fourth-order valence-corrected chi connectivity index (χ4v) is 2.85. The largest absolute Gasteiger partial charge is 0.376 e. The van der Waals surface area contributed by atoms with Crippen LogP contribution in [-0.2, 0) is 9.53 Å². The van der Waals surface area contributed by atoms with Gasteiger partial charge >= 0.3 is 0 Å². The van der Waals surface area contributed by atoms with Crippen LogP contribution in [0.4, 0.5) is 0 Å². The summed E-state index contributed by atoms with van der Waals surface area (Å²) in [4.78, 5) is 12.4. The van der Waals surface area contributed by atoms with E-state index >= 15 is 0 Å². The molecule has 0 aliphatic carbocycles. The van der Waals surface area contributed by atoms with Gasteiger partial charge in [0.1, 0.15) is 6.04 Å². The summed E-state index contributed by atoms with van der Waals surface area (Å²) in [6.45, 7) is 3.41. The summed E-state index contributed by atoms with van der Waals surface area (Å²) < 4.78 is 7.36. The van der Waals surface area contributed by atoms with E-state index in [2.05, 4.69) is 10.4 Å². The highest BCUT2D eigenvalue weighted by Crippen LogP contribution is 2.20. The van der Waals surface area contributed by atoms with E-state index in [1.807, 2.05) is 42.1 Å². The zero-order valence-corrected chi connectivity index (χ0v) is 12.3. The topological polar surface area (TPSA) is 56.1 Å². The van der Waals surface area contributed by atoms with Crippen molar-refractivity contribution in [2.75, 3.05) is 13.2 Å². The second-order valence-electron chi connectivity index (χ2n) is 5.45. The van der Waals surface area contributed by atoms with Crippen LogP contribution in [0.2, 0.25) is 0 Å². The number of ether oxygens (including phenoxy) is 1. The van der Waals surface area contributed by atoms with Gasteiger partial charge in [-0.15, -0.1) is 0 Å². The Labute approximate surface area is 124 Å². The Morgan fingerprint density at radius 2 is 2.38 bits per heavy atom. The molecule has 2 heterocycles. The van der Waals surface area contributed by atoms with Gasteiger partial charge in [0.2, 0.25) is 5.91 Å². The van der Waals surface area contributed by atoms with Gasteiger partial charge in [0.25, 0.3) is 0 Å². The summed E-state index contributed by atoms with van der Waals surface area (Å²) in [6, 6.07) is 7.68. The number of nitrogens with one attached hydrogen (secondary N) is 1. The Kier molecular flexibility index (Phi) is 4.20. The molecule has 1 aliphatic heterocycles. The summed E-state index contributed by atoms with van der Waals surface area (Å²) in [5, 5.41) is 8.45. The molecule has 3 rings (SSSR count). The standard InChI is InChI=1S/C16H21N3O2/c1-2-14(16(20)17-11-13-7-5-9-21-13)19-15-8-4-3-6-12(15)10-18-19/h3-4,6,8,10,13-14H,2,5,7,9,11H2,1H3,(H,17,20). The molecule has 2 unspecified atom stereocenters. The average Bonchev–Trinajstić information content (AvgIpc) is 3.16. The molecule has 1 aromatic heterocycles. The number of carbonyl (C=O) groups excluding carboxylic acids is 1. The number of amides is 1. The molecule has 21 heavy (non-hydrogen) atoms. The first-order valence-electron chi connectivity index (χ1n) is 7.61. The first-order valence-corrected chi connectivity index (χ1v) is 7.61. The van der Waals surface area contributed by atoms with Crippen LogP contribution in [0.1, 0.15) is 32.2 Å². The van der Waals surface area contributed by atoms with E-state index in [4.69, 9.17) is 4.74 Å². The summed E-state index contributed by atoms with van der Waals surface area (Å²) in [6.07, 6.45) is 4.80. The van der Waals surface area contributed by atoms with Gasteiger partial charge in [-0.1, -0.05) is 25.1 Å². The maximum Gasteiger partial charge on any atom is 0.244 e. The SMILES string of the molecule is CCC(C(=O)NCC1CCCO1)n1ncc2ccccc21. The minimum Gasteiger partial charge on any atom is -0.376 e. The first kappa shape index (κ1) is 14.1. The Morgan fingerprint density at radius 1 is 1.52 bits per heavy atom. The van der Waals surface area contributed by atoms with Gasteiger partial charge in [-0.25, -0.2) is 0 Å². The highest BCUT2D eigenvalue weighted by Gasteiger charge is 2.23. The van der Waals surface area contributed by atoms with E-state index in [-0.39, 0.29) is 18.1 Å². The second-order valence-corrected chi connectivity index (χ2v) is 5.45. The molecule has 2 atom stereocenters. The maximum absolute atomic E-state index is 12.4. The molecule has 1 saturated heterocycles. The van der Waals surface area contributed by atoms with Crippen molar-refractivity contribution in [2.45, 2.75) is 38.3 Å². The van der Waals surface area contributed by atoms with Gasteiger partial charge in [0, 0.05) is 18.5 Å². The molecule has 1 N–H and O–H groups in total. The van der Waals surface area contributed by atoms with Crippen molar-refractivity contribution in [3.63, 3.8) is 0 Å². The molecule has 0 bridgehead atoms. The Balaban J connectivity index is 1.72. The minimum absolute atomic E-state index is 0.0156. The summed E-state index contributed by atoms with van der Waals surface area (Å²) in [7, 11) is 0. The van der Waals surface area contributed by atoms with Crippen molar-refractivity contribution in [2.24, 2.45) is 0 Å². The van der Waals surface area contributed by atoms with Crippen molar-refractivity contribution in [3.8, 4) is 0 Å². The predicted octanol–water partition coefficient (Wildman–Crippen LogP) is 2.28. The van der Waals surface area contributed by atoms with E-state index in [1.165, 1.54) is 0 Å². The molecule has 5 heteroatoms. The van der Waals surface area contributed by atoms with Crippen LogP contribution in [0.3, 0.4) is 0 Å². The van der Waals surface area contributed by atoms with Gasteiger partial charge in [-0.2, -0.15) is 5.10 Å². The highest BCUT2D eigenvalue weighted by atomic mass is 16.5. The summed E-state index contributed by atoms with van der Waals surface area (Å²) in [5.74, 6) is 0.0156. The fourth-order valence-electron chi connectivity index (χ4n) is 2.85. The number of para-hydroxylation sites is 1. The molecule has 5 nitrogen and oxygen atoms in total. The van der Waals surface area contributed by atoms with Crippen molar-refractivity contribution in [1.29, 1.82) is 0 Å². The number of hydrogen-bond donors (Lipinski definition) is 1. The lowest BCUT2D eigenvalue weighted by atomic mass is 10.2. The lowest BCUT2D eigenvalue weighted by Crippen LogP contribution is -2.37. The lowest BCUT2D eigenvalue weighted by molar-refractivity contribution is -0.125. The van der Waals surface area contributed by atoms with E-state index in [1.54, 1.807) is 0 Å². The number of fused-ring (bicyclic) bond motifs is 1. The number of aromatic nitrogens is 2. The molecule has 112 valence electrons. The third-order valence-corrected chi connectivity index (χ3v) is 4.02. The Morgan fingerprint density at radius 3 is 3.14 bits per heavy atom. The maximum atomic E-state index is 12.4. The number of nitrogens with zero attached hydrogens (tertiary/aromatic N) is 2.